The Kier molecular flexibility index (Phi) is 5.80. The van der Waals surface area contributed by atoms with Crippen molar-refractivity contribution in [3.05, 3.63) is 65.3 Å². The number of furan rings is 1. The third-order valence-corrected chi connectivity index (χ3v) is 7.40. The number of fused-ring (bicyclic) bond motifs is 2. The smallest absolute Gasteiger partial charge is 0.294 e. The Morgan fingerprint density at radius 2 is 1.92 bits per heavy atom. The molecule has 6 rings (SSSR count). The van der Waals surface area contributed by atoms with Crippen molar-refractivity contribution >= 4 is 38.6 Å². The number of nitrogens with zero attached hydrogens (tertiary/aromatic N) is 4. The Morgan fingerprint density at radius 3 is 2.67 bits per heavy atom. The molecule has 182 valence electrons. The Bertz CT molecular complexity index is 1630. The number of methoxy groups -OCH3 is 2. The molecule has 0 fully saturated rings. The molecular formula is C25H20N4O5S2. The molecule has 11 heteroatoms. The topological polar surface area (TPSA) is 104 Å². The maximum Gasteiger partial charge on any atom is 0.294 e. The summed E-state index contributed by atoms with van der Waals surface area (Å²) in [7, 11) is 3.18. The lowest BCUT2D eigenvalue weighted by Gasteiger charge is -2.08. The molecule has 0 aliphatic heterocycles. The predicted octanol–water partition coefficient (Wildman–Crippen LogP) is 5.42. The van der Waals surface area contributed by atoms with Crippen molar-refractivity contribution in [1.82, 2.24) is 19.6 Å². The fraction of sp³-hybridized carbons (Fsp3) is 0.160. The number of imidazole rings is 1. The quantitative estimate of drug-likeness (QED) is 0.284. The molecule has 4 aromatic heterocycles. The second-order valence-electron chi connectivity index (χ2n) is 7.86. The molecule has 0 amide bonds. The minimum Gasteiger partial charge on any atom is -0.496 e. The van der Waals surface area contributed by atoms with E-state index in [1.54, 1.807) is 36.3 Å². The molecule has 0 radical (unpaired) electrons. The SMILES string of the molecule is COc1cc(OCc2csc(-c3ccc(CO)cc3)n2)c2cc(-c3cn4nc(OC)sc4n3)oc2c1. The standard InChI is InChI=1S/C25H20N4O5S2/c1-31-17-7-20(33-12-16-13-35-23(26-16)15-5-3-14(11-30)4-6-15)18-9-22(34-21(18)8-17)19-10-29-24(27-19)36-25(28-29)32-2/h3-10,13,30H,11-12H2,1-2H3. The van der Waals surface area contributed by atoms with Gasteiger partial charge in [0.15, 0.2) is 5.76 Å². The van der Waals surface area contributed by atoms with Gasteiger partial charge in [0.1, 0.15) is 34.4 Å². The van der Waals surface area contributed by atoms with Crippen LogP contribution in [0.15, 0.2) is 58.5 Å². The van der Waals surface area contributed by atoms with Crippen LogP contribution < -0.4 is 14.2 Å². The van der Waals surface area contributed by atoms with Gasteiger partial charge in [-0.3, -0.25) is 0 Å². The van der Waals surface area contributed by atoms with Crippen molar-refractivity contribution in [1.29, 1.82) is 0 Å². The minimum absolute atomic E-state index is 0.0205. The zero-order valence-electron chi connectivity index (χ0n) is 19.3. The molecule has 0 aliphatic carbocycles. The first-order valence-corrected chi connectivity index (χ1v) is 12.6. The van der Waals surface area contributed by atoms with Gasteiger partial charge in [-0.05, 0) is 23.0 Å². The molecule has 0 bridgehead atoms. The molecule has 36 heavy (non-hydrogen) atoms. The van der Waals surface area contributed by atoms with Crippen LogP contribution in [0.4, 0.5) is 0 Å². The van der Waals surface area contributed by atoms with E-state index in [2.05, 4.69) is 10.1 Å². The second kappa shape index (κ2) is 9.26. The molecule has 2 aromatic carbocycles. The summed E-state index contributed by atoms with van der Waals surface area (Å²) >= 11 is 2.90. The van der Waals surface area contributed by atoms with E-state index >= 15 is 0 Å². The molecule has 0 saturated heterocycles. The number of hydrogen-bond donors (Lipinski definition) is 1. The molecule has 0 aliphatic rings. The van der Waals surface area contributed by atoms with Gasteiger partial charge in [-0.25, -0.2) is 14.5 Å². The summed E-state index contributed by atoms with van der Waals surface area (Å²) < 4.78 is 24.6. The number of ether oxygens (including phenoxy) is 3. The molecule has 0 spiro atoms. The van der Waals surface area contributed by atoms with Crippen LogP contribution >= 0.6 is 22.7 Å². The summed E-state index contributed by atoms with van der Waals surface area (Å²) in [5.41, 5.74) is 3.97. The molecule has 1 N–H and O–H groups in total. The third kappa shape index (κ3) is 4.17. The first-order chi connectivity index (χ1) is 17.6. The van der Waals surface area contributed by atoms with Gasteiger partial charge in [0, 0.05) is 23.1 Å². The van der Waals surface area contributed by atoms with Gasteiger partial charge >= 0.3 is 0 Å². The van der Waals surface area contributed by atoms with Crippen LogP contribution in [0.5, 0.6) is 16.7 Å². The first kappa shape index (κ1) is 22.5. The Balaban J connectivity index is 1.27. The summed E-state index contributed by atoms with van der Waals surface area (Å²) in [5, 5.41) is 17.8. The number of hydrogen-bond acceptors (Lipinski definition) is 10. The van der Waals surface area contributed by atoms with E-state index in [9.17, 15) is 5.11 Å². The maximum atomic E-state index is 9.25. The Labute approximate surface area is 213 Å². The minimum atomic E-state index is 0.0205. The Hall–Kier alpha value is -3.93. The lowest BCUT2D eigenvalue weighted by atomic mass is 10.1. The summed E-state index contributed by atoms with van der Waals surface area (Å²) in [6.45, 7) is 0.310. The van der Waals surface area contributed by atoms with Crippen LogP contribution in [0.3, 0.4) is 0 Å². The summed E-state index contributed by atoms with van der Waals surface area (Å²) in [5.74, 6) is 1.85. The zero-order valence-corrected chi connectivity index (χ0v) is 20.9. The number of thiazole rings is 1. The molecule has 6 aromatic rings. The monoisotopic (exact) mass is 520 g/mol. The van der Waals surface area contributed by atoms with Crippen LogP contribution in [0, 0.1) is 0 Å². The number of aromatic nitrogens is 4. The molecule has 0 unspecified atom stereocenters. The summed E-state index contributed by atoms with van der Waals surface area (Å²) in [6, 6.07) is 13.3. The van der Waals surface area contributed by atoms with E-state index in [-0.39, 0.29) is 13.2 Å². The highest BCUT2D eigenvalue weighted by Crippen LogP contribution is 2.38. The average molecular weight is 521 g/mol. The molecule has 0 atom stereocenters. The van der Waals surface area contributed by atoms with E-state index in [4.69, 9.17) is 23.6 Å². The van der Waals surface area contributed by atoms with Crippen molar-refractivity contribution < 1.29 is 23.7 Å². The van der Waals surface area contributed by atoms with E-state index in [1.807, 2.05) is 47.8 Å². The fourth-order valence-corrected chi connectivity index (χ4v) is 5.25. The third-order valence-electron chi connectivity index (χ3n) is 5.57. The largest absolute Gasteiger partial charge is 0.496 e. The lowest BCUT2D eigenvalue weighted by Crippen LogP contribution is -1.97. The normalized spacial score (nSPS) is 11.4. The number of aliphatic hydroxyl groups is 1. The van der Waals surface area contributed by atoms with Crippen molar-refractivity contribution in [3.63, 3.8) is 0 Å². The van der Waals surface area contributed by atoms with Crippen LogP contribution in [0.2, 0.25) is 0 Å². The van der Waals surface area contributed by atoms with E-state index in [0.29, 0.717) is 38.7 Å². The van der Waals surface area contributed by atoms with Gasteiger partial charge in [-0.1, -0.05) is 24.3 Å². The highest BCUT2D eigenvalue weighted by molar-refractivity contribution is 7.18. The molecule has 4 heterocycles. The lowest BCUT2D eigenvalue weighted by molar-refractivity contribution is 0.282. The predicted molar refractivity (Wildman–Crippen MR) is 137 cm³/mol. The average Bonchev–Trinajstić information content (AvgIpc) is 3.69. The van der Waals surface area contributed by atoms with Crippen molar-refractivity contribution in [2.75, 3.05) is 14.2 Å². The highest BCUT2D eigenvalue weighted by Gasteiger charge is 2.17. The van der Waals surface area contributed by atoms with E-state index in [1.165, 1.54) is 11.3 Å². The highest BCUT2D eigenvalue weighted by atomic mass is 32.1. The van der Waals surface area contributed by atoms with Crippen LogP contribution in [-0.4, -0.2) is 38.9 Å². The second-order valence-corrected chi connectivity index (χ2v) is 9.64. The first-order valence-electron chi connectivity index (χ1n) is 10.9. The van der Waals surface area contributed by atoms with Gasteiger partial charge in [0.2, 0.25) is 4.96 Å². The Morgan fingerprint density at radius 1 is 1.06 bits per heavy atom. The fourth-order valence-electron chi connectivity index (χ4n) is 3.74. The van der Waals surface area contributed by atoms with E-state index < -0.39 is 0 Å². The molecular weight excluding hydrogens is 500 g/mol. The van der Waals surface area contributed by atoms with Gasteiger partial charge < -0.3 is 23.7 Å². The van der Waals surface area contributed by atoms with Gasteiger partial charge in [-0.2, -0.15) is 0 Å². The zero-order chi connectivity index (χ0) is 24.6. The molecule has 0 saturated carbocycles. The van der Waals surface area contributed by atoms with Crippen molar-refractivity contribution in [2.24, 2.45) is 0 Å². The number of benzene rings is 2. The summed E-state index contributed by atoms with van der Waals surface area (Å²) in [6.07, 6.45) is 1.80. The number of rotatable bonds is 8. The maximum absolute atomic E-state index is 9.25. The van der Waals surface area contributed by atoms with Crippen molar-refractivity contribution in [3.8, 4) is 38.7 Å². The van der Waals surface area contributed by atoms with Gasteiger partial charge in [0.25, 0.3) is 5.19 Å². The van der Waals surface area contributed by atoms with Crippen LogP contribution in [0.25, 0.3) is 38.0 Å². The molecule has 9 nitrogen and oxygen atoms in total. The van der Waals surface area contributed by atoms with Crippen LogP contribution in [-0.2, 0) is 13.2 Å². The van der Waals surface area contributed by atoms with Crippen LogP contribution in [0.1, 0.15) is 11.3 Å². The van der Waals surface area contributed by atoms with Crippen molar-refractivity contribution in [2.45, 2.75) is 13.2 Å². The van der Waals surface area contributed by atoms with Gasteiger partial charge in [-0.15, -0.1) is 16.4 Å². The number of aliphatic hydroxyl groups excluding tert-OH is 1. The van der Waals surface area contributed by atoms with E-state index in [0.717, 1.165) is 27.2 Å². The van der Waals surface area contributed by atoms with Gasteiger partial charge in [0.05, 0.1) is 38.1 Å². The summed E-state index contributed by atoms with van der Waals surface area (Å²) in [4.78, 5) is 10.0.